The van der Waals surface area contributed by atoms with Crippen LogP contribution in [0.4, 0.5) is 10.6 Å². The highest BCUT2D eigenvalue weighted by Gasteiger charge is 2.22. The van der Waals surface area contributed by atoms with Crippen LogP contribution in [-0.2, 0) is 12.0 Å². The molecule has 0 unspecified atom stereocenters. The molecule has 0 aliphatic carbocycles. The minimum absolute atomic E-state index is 0.0780. The molecule has 0 spiro atoms. The largest absolute Gasteiger partial charge is 0.491 e. The van der Waals surface area contributed by atoms with Gasteiger partial charge in [0.2, 0.25) is 11.2 Å². The van der Waals surface area contributed by atoms with E-state index in [1.165, 1.54) is 6.20 Å². The Labute approximate surface area is 225 Å². The van der Waals surface area contributed by atoms with Gasteiger partial charge in [-0.25, -0.2) is 14.5 Å². The molecule has 198 valence electrons. The number of ether oxygens (including phenoxy) is 2. The summed E-state index contributed by atoms with van der Waals surface area (Å²) in [5.74, 6) is 1.90. The Morgan fingerprint density at radius 3 is 2.68 bits per heavy atom. The summed E-state index contributed by atoms with van der Waals surface area (Å²) in [5, 5.41) is 19.7. The van der Waals surface area contributed by atoms with Crippen molar-refractivity contribution in [2.45, 2.75) is 32.7 Å². The fraction of sp³-hybridized carbons (Fsp3) is 0.259. The minimum Gasteiger partial charge on any atom is -0.491 e. The van der Waals surface area contributed by atoms with Crippen LogP contribution in [-0.4, -0.2) is 44.1 Å². The van der Waals surface area contributed by atoms with E-state index in [0.29, 0.717) is 28.9 Å². The fourth-order valence-corrected chi connectivity index (χ4v) is 3.62. The van der Waals surface area contributed by atoms with Crippen molar-refractivity contribution in [3.63, 3.8) is 0 Å². The van der Waals surface area contributed by atoms with Crippen LogP contribution in [0.25, 0.3) is 5.69 Å². The summed E-state index contributed by atoms with van der Waals surface area (Å²) in [4.78, 5) is 20.9. The maximum Gasteiger partial charge on any atom is 0.320 e. The molecule has 2 heterocycles. The van der Waals surface area contributed by atoms with E-state index in [9.17, 15) is 4.79 Å². The normalized spacial score (nSPS) is 11.2. The van der Waals surface area contributed by atoms with Gasteiger partial charge in [-0.05, 0) is 29.8 Å². The fourth-order valence-electron chi connectivity index (χ4n) is 3.48. The van der Waals surface area contributed by atoms with Crippen LogP contribution in [0.2, 0.25) is 5.28 Å². The Kier molecular flexibility index (Phi) is 8.45. The number of hydrogen-bond donors (Lipinski definition) is 3. The lowest BCUT2D eigenvalue weighted by Crippen LogP contribution is -2.29. The lowest BCUT2D eigenvalue weighted by Gasteiger charge is -2.14. The molecule has 0 bridgehead atoms. The first-order valence-corrected chi connectivity index (χ1v) is 12.3. The summed E-state index contributed by atoms with van der Waals surface area (Å²) in [6, 6.07) is 17.6. The molecule has 0 fully saturated rings. The highest BCUT2D eigenvalue weighted by Crippen LogP contribution is 2.28. The van der Waals surface area contributed by atoms with Crippen molar-refractivity contribution in [2.24, 2.45) is 0 Å². The lowest BCUT2D eigenvalue weighted by atomic mass is 9.92. The van der Waals surface area contributed by atoms with Crippen molar-refractivity contribution in [2.75, 3.05) is 18.5 Å². The van der Waals surface area contributed by atoms with Gasteiger partial charge in [0.1, 0.15) is 23.9 Å². The molecule has 3 N–H and O–H groups in total. The van der Waals surface area contributed by atoms with Crippen LogP contribution in [0, 0.1) is 0 Å². The SMILES string of the molecule is CC(C)(C)c1cc(NC(=O)NCc2ccccc2Oc2ccnc(Cl)n2)n(-c2cccc(OCCO)c2)n1. The Morgan fingerprint density at radius 2 is 1.92 bits per heavy atom. The van der Waals surface area contributed by atoms with Crippen LogP contribution < -0.4 is 20.1 Å². The zero-order valence-electron chi connectivity index (χ0n) is 21.3. The van der Waals surface area contributed by atoms with Crippen molar-refractivity contribution >= 4 is 23.4 Å². The monoisotopic (exact) mass is 536 g/mol. The topological polar surface area (TPSA) is 123 Å². The summed E-state index contributed by atoms with van der Waals surface area (Å²) in [5.41, 5.74) is 2.00. The van der Waals surface area contributed by atoms with Gasteiger partial charge in [-0.3, -0.25) is 5.32 Å². The van der Waals surface area contributed by atoms with Crippen LogP contribution in [0.1, 0.15) is 32.0 Å². The van der Waals surface area contributed by atoms with Crippen LogP contribution in [0.15, 0.2) is 66.9 Å². The van der Waals surface area contributed by atoms with Crippen molar-refractivity contribution in [1.29, 1.82) is 0 Å². The number of halogens is 1. The number of carbonyl (C=O) groups excluding carboxylic acids is 1. The number of para-hydroxylation sites is 1. The van der Waals surface area contributed by atoms with E-state index < -0.39 is 6.03 Å². The van der Waals surface area contributed by atoms with Gasteiger partial charge in [0.25, 0.3) is 0 Å². The van der Waals surface area contributed by atoms with Crippen LogP contribution in [0.5, 0.6) is 17.4 Å². The number of benzene rings is 2. The molecule has 0 atom stereocenters. The summed E-state index contributed by atoms with van der Waals surface area (Å²) in [6.45, 7) is 6.43. The Balaban J connectivity index is 1.51. The summed E-state index contributed by atoms with van der Waals surface area (Å²) >= 11 is 5.86. The average Bonchev–Trinajstić information content (AvgIpc) is 3.31. The molecule has 10 nitrogen and oxygen atoms in total. The molecule has 2 aromatic carbocycles. The van der Waals surface area contributed by atoms with Crippen molar-refractivity contribution in [3.8, 4) is 23.1 Å². The van der Waals surface area contributed by atoms with Gasteiger partial charge in [-0.1, -0.05) is 45.0 Å². The molecule has 0 saturated carbocycles. The molecule has 38 heavy (non-hydrogen) atoms. The minimum atomic E-state index is -0.417. The Bertz CT molecular complexity index is 1400. The van der Waals surface area contributed by atoms with Crippen molar-refractivity contribution in [3.05, 3.63) is 83.4 Å². The van der Waals surface area contributed by atoms with Gasteiger partial charge in [0.15, 0.2) is 0 Å². The van der Waals surface area contributed by atoms with E-state index in [2.05, 4.69) is 20.6 Å². The molecule has 2 aromatic heterocycles. The van der Waals surface area contributed by atoms with Crippen LogP contribution in [0.3, 0.4) is 0 Å². The van der Waals surface area contributed by atoms with E-state index >= 15 is 0 Å². The zero-order valence-corrected chi connectivity index (χ0v) is 22.1. The lowest BCUT2D eigenvalue weighted by molar-refractivity contribution is 0.201. The number of aromatic nitrogens is 4. The molecule has 0 radical (unpaired) electrons. The summed E-state index contributed by atoms with van der Waals surface area (Å²) in [6.07, 6.45) is 1.50. The van der Waals surface area contributed by atoms with Crippen LogP contribution >= 0.6 is 11.6 Å². The van der Waals surface area contributed by atoms with E-state index in [-0.39, 0.29) is 30.5 Å². The number of carbonyl (C=O) groups is 1. The molecule has 0 aliphatic rings. The van der Waals surface area contributed by atoms with E-state index in [1.54, 1.807) is 28.9 Å². The number of anilines is 1. The first-order valence-electron chi connectivity index (χ1n) is 12.0. The molecule has 0 saturated heterocycles. The smallest absolute Gasteiger partial charge is 0.320 e. The van der Waals surface area contributed by atoms with Gasteiger partial charge in [0, 0.05) is 41.9 Å². The highest BCUT2D eigenvalue weighted by molar-refractivity contribution is 6.28. The number of rotatable bonds is 9. The van der Waals surface area contributed by atoms with Gasteiger partial charge < -0.3 is 19.9 Å². The van der Waals surface area contributed by atoms with Crippen molar-refractivity contribution < 1.29 is 19.4 Å². The highest BCUT2D eigenvalue weighted by atomic mass is 35.5. The first-order chi connectivity index (χ1) is 18.2. The predicted molar refractivity (Wildman–Crippen MR) is 144 cm³/mol. The maximum absolute atomic E-state index is 13.0. The number of amides is 2. The third-order valence-corrected chi connectivity index (χ3v) is 5.55. The molecular formula is C27H29ClN6O4. The summed E-state index contributed by atoms with van der Waals surface area (Å²) < 4.78 is 13.0. The summed E-state index contributed by atoms with van der Waals surface area (Å²) in [7, 11) is 0. The van der Waals surface area contributed by atoms with E-state index in [4.69, 9.17) is 31.3 Å². The first kappa shape index (κ1) is 26.9. The zero-order chi connectivity index (χ0) is 27.1. The standard InChI is InChI=1S/C27H29ClN6O4/c1-27(2,3)22-16-23(34(33-22)19-8-6-9-20(15-19)37-14-13-35)31-26(36)30-17-18-7-4-5-10-21(18)38-24-11-12-29-25(28)32-24/h4-12,15-16,35H,13-14,17H2,1-3H3,(H2,30,31,36). The van der Waals surface area contributed by atoms with E-state index in [0.717, 1.165) is 11.3 Å². The third kappa shape index (κ3) is 6.99. The second kappa shape index (κ2) is 11.9. The second-order valence-corrected chi connectivity index (χ2v) is 9.67. The third-order valence-electron chi connectivity index (χ3n) is 5.37. The number of hydrogen-bond acceptors (Lipinski definition) is 7. The molecule has 2 amide bonds. The quantitative estimate of drug-likeness (QED) is 0.254. The second-order valence-electron chi connectivity index (χ2n) is 9.33. The number of urea groups is 1. The van der Waals surface area contributed by atoms with Gasteiger partial charge in [-0.2, -0.15) is 10.1 Å². The number of aliphatic hydroxyl groups excluding tert-OH is 1. The van der Waals surface area contributed by atoms with Gasteiger partial charge in [0.05, 0.1) is 18.0 Å². The number of nitrogens with one attached hydrogen (secondary N) is 2. The Morgan fingerprint density at radius 1 is 1.11 bits per heavy atom. The van der Waals surface area contributed by atoms with Gasteiger partial charge >= 0.3 is 6.03 Å². The van der Waals surface area contributed by atoms with Gasteiger partial charge in [-0.15, -0.1) is 0 Å². The van der Waals surface area contributed by atoms with E-state index in [1.807, 2.05) is 57.2 Å². The average molecular weight is 537 g/mol. The molecule has 4 aromatic rings. The number of aliphatic hydroxyl groups is 1. The predicted octanol–water partition coefficient (Wildman–Crippen LogP) is 5.10. The molecule has 0 aliphatic heterocycles. The maximum atomic E-state index is 13.0. The molecular weight excluding hydrogens is 508 g/mol. The molecule has 4 rings (SSSR count). The molecule has 11 heteroatoms. The van der Waals surface area contributed by atoms with Crippen molar-refractivity contribution in [1.82, 2.24) is 25.1 Å². The Hall–Kier alpha value is -4.15. The number of nitrogens with zero attached hydrogens (tertiary/aromatic N) is 4.